The number of amides is 2. The van der Waals surface area contributed by atoms with Crippen LogP contribution in [0.15, 0.2) is 59.1 Å². The lowest BCUT2D eigenvalue weighted by molar-refractivity contribution is -0.120. The van der Waals surface area contributed by atoms with E-state index in [1.54, 1.807) is 13.2 Å². The third-order valence-corrected chi connectivity index (χ3v) is 4.68. The van der Waals surface area contributed by atoms with Gasteiger partial charge in [0.1, 0.15) is 0 Å². The summed E-state index contributed by atoms with van der Waals surface area (Å²) in [5, 5.41) is 9.08. The molecule has 0 aliphatic rings. The van der Waals surface area contributed by atoms with E-state index in [4.69, 9.17) is 14.0 Å². The minimum atomic E-state index is -0.485. The summed E-state index contributed by atoms with van der Waals surface area (Å²) in [4.78, 5) is 24.4. The van der Waals surface area contributed by atoms with Crippen molar-refractivity contribution in [1.82, 2.24) is 15.8 Å². The van der Waals surface area contributed by atoms with Crippen molar-refractivity contribution in [3.05, 3.63) is 65.9 Å². The van der Waals surface area contributed by atoms with E-state index < -0.39 is 5.91 Å². The number of nitrogens with zero attached hydrogens (tertiary/aromatic N) is 1. The number of unbranched alkanes of at least 4 members (excludes halogenated alkanes) is 1. The van der Waals surface area contributed by atoms with Gasteiger partial charge in [-0.25, -0.2) is 0 Å². The molecule has 3 rings (SSSR count). The Morgan fingerprint density at radius 1 is 1.03 bits per heavy atom. The van der Waals surface area contributed by atoms with E-state index in [1.165, 1.54) is 0 Å². The van der Waals surface area contributed by atoms with Crippen LogP contribution in [0.5, 0.6) is 11.5 Å². The monoisotopic (exact) mass is 437 g/mol. The molecule has 8 heteroatoms. The first-order chi connectivity index (χ1) is 15.6. The molecule has 0 saturated heterocycles. The Morgan fingerprint density at radius 2 is 1.84 bits per heavy atom. The number of benzene rings is 2. The van der Waals surface area contributed by atoms with Gasteiger partial charge in [-0.3, -0.25) is 9.59 Å². The summed E-state index contributed by atoms with van der Waals surface area (Å²) in [5.41, 5.74) is 1.78. The molecule has 8 nitrogen and oxygen atoms in total. The largest absolute Gasteiger partial charge is 0.493 e. The van der Waals surface area contributed by atoms with Gasteiger partial charge in [0.15, 0.2) is 23.0 Å². The summed E-state index contributed by atoms with van der Waals surface area (Å²) in [5.74, 6) is 0.956. The molecule has 0 atom stereocenters. The van der Waals surface area contributed by atoms with Crippen LogP contribution >= 0.6 is 0 Å². The van der Waals surface area contributed by atoms with E-state index >= 15 is 0 Å². The van der Waals surface area contributed by atoms with Gasteiger partial charge in [-0.05, 0) is 24.1 Å². The Kier molecular flexibility index (Phi) is 8.25. The van der Waals surface area contributed by atoms with Gasteiger partial charge in [0, 0.05) is 18.2 Å². The molecule has 3 aromatic rings. The number of carbonyl (C=O) groups is 2. The average Bonchev–Trinajstić information content (AvgIpc) is 3.33. The molecule has 1 aromatic heterocycles. The molecule has 168 valence electrons. The summed E-state index contributed by atoms with van der Waals surface area (Å²) in [6.07, 6.45) is 2.02. The highest BCUT2D eigenvalue weighted by molar-refractivity contribution is 5.95. The minimum Gasteiger partial charge on any atom is -0.493 e. The lowest BCUT2D eigenvalue weighted by atomic mass is 10.1. The highest BCUT2D eigenvalue weighted by atomic mass is 16.5. The van der Waals surface area contributed by atoms with Crippen molar-refractivity contribution in [1.29, 1.82) is 0 Å². The number of aromatic nitrogens is 1. The molecule has 0 fully saturated rings. The number of nitrogens with one attached hydrogen (secondary N) is 2. The number of hydrogen-bond acceptors (Lipinski definition) is 6. The van der Waals surface area contributed by atoms with Crippen LogP contribution in [0.2, 0.25) is 0 Å². The number of methoxy groups -OCH3 is 1. The van der Waals surface area contributed by atoms with Gasteiger partial charge in [0.05, 0.1) is 20.3 Å². The second-order valence-corrected chi connectivity index (χ2v) is 7.09. The maximum atomic E-state index is 12.3. The molecule has 2 aromatic carbocycles. The summed E-state index contributed by atoms with van der Waals surface area (Å²) < 4.78 is 16.3. The maximum absolute atomic E-state index is 12.3. The van der Waals surface area contributed by atoms with E-state index in [9.17, 15) is 9.59 Å². The molecule has 0 aliphatic heterocycles. The fourth-order valence-electron chi connectivity index (χ4n) is 2.90. The van der Waals surface area contributed by atoms with Gasteiger partial charge in [-0.15, -0.1) is 0 Å². The fourth-order valence-corrected chi connectivity index (χ4v) is 2.90. The van der Waals surface area contributed by atoms with Crippen LogP contribution in [0.3, 0.4) is 0 Å². The minimum absolute atomic E-state index is 0.111. The summed E-state index contributed by atoms with van der Waals surface area (Å²) in [7, 11) is 1.58. The van der Waals surface area contributed by atoms with Crippen molar-refractivity contribution in [2.24, 2.45) is 0 Å². The predicted molar refractivity (Wildman–Crippen MR) is 120 cm³/mol. The second kappa shape index (κ2) is 11.5. The number of ether oxygens (including phenoxy) is 2. The molecule has 0 saturated carbocycles. The SMILES string of the molecule is CCCCOc1ccc(CNC(=O)CNC(=O)c2cc(-c3ccccc3)on2)cc1OC. The quantitative estimate of drug-likeness (QED) is 0.445. The summed E-state index contributed by atoms with van der Waals surface area (Å²) >= 11 is 0. The zero-order valence-corrected chi connectivity index (χ0v) is 18.2. The third kappa shape index (κ3) is 6.34. The Labute approximate surface area is 186 Å². The summed E-state index contributed by atoms with van der Waals surface area (Å²) in [6, 6.07) is 16.4. The molecular weight excluding hydrogens is 410 g/mol. The van der Waals surface area contributed by atoms with E-state index in [2.05, 4.69) is 22.7 Å². The molecule has 0 radical (unpaired) electrons. The number of carbonyl (C=O) groups excluding carboxylic acids is 2. The van der Waals surface area contributed by atoms with Crippen molar-refractivity contribution in [3.8, 4) is 22.8 Å². The predicted octanol–water partition coefficient (Wildman–Crippen LogP) is 3.58. The van der Waals surface area contributed by atoms with Crippen molar-refractivity contribution in [2.45, 2.75) is 26.3 Å². The van der Waals surface area contributed by atoms with Gasteiger partial charge in [0.2, 0.25) is 5.91 Å². The van der Waals surface area contributed by atoms with Crippen LogP contribution in [-0.4, -0.2) is 37.2 Å². The van der Waals surface area contributed by atoms with Gasteiger partial charge in [-0.2, -0.15) is 0 Å². The molecule has 2 amide bonds. The molecule has 32 heavy (non-hydrogen) atoms. The van der Waals surface area contributed by atoms with Crippen LogP contribution in [0.25, 0.3) is 11.3 Å². The van der Waals surface area contributed by atoms with Crippen molar-refractivity contribution >= 4 is 11.8 Å². The maximum Gasteiger partial charge on any atom is 0.273 e. The van der Waals surface area contributed by atoms with Gasteiger partial charge < -0.3 is 24.6 Å². The van der Waals surface area contributed by atoms with Crippen LogP contribution in [0.4, 0.5) is 0 Å². The molecular formula is C24H27N3O5. The standard InChI is InChI=1S/C24H27N3O5/c1-3-4-12-31-20-11-10-17(13-22(20)30-2)15-25-23(28)16-26-24(29)19-14-21(32-27-19)18-8-6-5-7-9-18/h5-11,13-14H,3-4,12,15-16H2,1-2H3,(H,25,28)(H,26,29). The molecule has 1 heterocycles. The average molecular weight is 437 g/mol. The van der Waals surface area contributed by atoms with E-state index in [0.29, 0.717) is 30.4 Å². The third-order valence-electron chi connectivity index (χ3n) is 4.68. The number of rotatable bonds is 11. The summed E-state index contributed by atoms with van der Waals surface area (Å²) in [6.45, 7) is 2.84. The first-order valence-electron chi connectivity index (χ1n) is 10.5. The van der Waals surface area contributed by atoms with Gasteiger partial charge >= 0.3 is 0 Å². The van der Waals surface area contributed by atoms with Crippen molar-refractivity contribution < 1.29 is 23.6 Å². The lowest BCUT2D eigenvalue weighted by Crippen LogP contribution is -2.36. The highest BCUT2D eigenvalue weighted by Gasteiger charge is 2.14. The molecule has 0 bridgehead atoms. The second-order valence-electron chi connectivity index (χ2n) is 7.09. The van der Waals surface area contributed by atoms with E-state index in [0.717, 1.165) is 24.0 Å². The lowest BCUT2D eigenvalue weighted by Gasteiger charge is -2.12. The molecule has 0 spiro atoms. The van der Waals surface area contributed by atoms with Crippen molar-refractivity contribution in [3.63, 3.8) is 0 Å². The number of hydrogen-bond donors (Lipinski definition) is 2. The first kappa shape index (κ1) is 22.9. The van der Waals surface area contributed by atoms with E-state index in [-0.39, 0.29) is 18.1 Å². The van der Waals surface area contributed by atoms with Crippen LogP contribution < -0.4 is 20.1 Å². The molecule has 2 N–H and O–H groups in total. The van der Waals surface area contributed by atoms with Crippen LogP contribution in [0, 0.1) is 0 Å². The topological polar surface area (TPSA) is 103 Å². The Balaban J connectivity index is 1.47. The zero-order valence-electron chi connectivity index (χ0n) is 18.2. The zero-order chi connectivity index (χ0) is 22.8. The normalized spacial score (nSPS) is 10.4. The Bertz CT molecular complexity index is 1030. The van der Waals surface area contributed by atoms with E-state index in [1.807, 2.05) is 48.5 Å². The Morgan fingerprint density at radius 3 is 2.59 bits per heavy atom. The first-order valence-corrected chi connectivity index (χ1v) is 10.5. The fraction of sp³-hybridized carbons (Fsp3) is 0.292. The van der Waals surface area contributed by atoms with Gasteiger partial charge in [0.25, 0.3) is 5.91 Å². The highest BCUT2D eigenvalue weighted by Crippen LogP contribution is 2.28. The van der Waals surface area contributed by atoms with Crippen LogP contribution in [-0.2, 0) is 11.3 Å². The van der Waals surface area contributed by atoms with Gasteiger partial charge in [-0.1, -0.05) is 54.9 Å². The molecule has 0 unspecified atom stereocenters. The van der Waals surface area contributed by atoms with Crippen molar-refractivity contribution in [2.75, 3.05) is 20.3 Å². The smallest absolute Gasteiger partial charge is 0.273 e. The molecule has 0 aliphatic carbocycles. The Hall–Kier alpha value is -3.81. The van der Waals surface area contributed by atoms with Crippen LogP contribution in [0.1, 0.15) is 35.8 Å².